The molecule has 21 heavy (non-hydrogen) atoms. The summed E-state index contributed by atoms with van der Waals surface area (Å²) in [5.41, 5.74) is 0.783. The maximum Gasteiger partial charge on any atom is 0.310 e. The first kappa shape index (κ1) is 17.7. The van der Waals surface area contributed by atoms with Crippen molar-refractivity contribution in [3.8, 4) is 0 Å². The van der Waals surface area contributed by atoms with Crippen molar-refractivity contribution >= 4 is 5.97 Å². The van der Waals surface area contributed by atoms with Crippen LogP contribution in [0, 0.1) is 5.92 Å². The molecule has 1 rings (SSSR count). The summed E-state index contributed by atoms with van der Waals surface area (Å²) in [6, 6.07) is 9.70. The van der Waals surface area contributed by atoms with Gasteiger partial charge in [-0.3, -0.25) is 4.79 Å². The van der Waals surface area contributed by atoms with Gasteiger partial charge in [-0.2, -0.15) is 0 Å². The summed E-state index contributed by atoms with van der Waals surface area (Å²) in [4.78, 5) is 11.9. The van der Waals surface area contributed by atoms with Crippen LogP contribution in [0.25, 0.3) is 0 Å². The number of carbonyl (C=O) groups excluding carboxylic acids is 1. The van der Waals surface area contributed by atoms with E-state index in [4.69, 9.17) is 9.47 Å². The molecule has 118 valence electrons. The number of carbonyl (C=O) groups is 1. The maximum atomic E-state index is 11.9. The van der Waals surface area contributed by atoms with E-state index in [1.807, 2.05) is 58.0 Å². The summed E-state index contributed by atoms with van der Waals surface area (Å²) >= 11 is 0. The molecular formula is C17H27NO3. The third-order valence-electron chi connectivity index (χ3n) is 3.16. The van der Waals surface area contributed by atoms with Crippen molar-refractivity contribution in [2.24, 2.45) is 5.92 Å². The number of nitrogens with one attached hydrogen (secondary N) is 1. The van der Waals surface area contributed by atoms with Crippen LogP contribution in [0.3, 0.4) is 0 Å². The Morgan fingerprint density at radius 1 is 1.29 bits per heavy atom. The number of benzene rings is 1. The maximum absolute atomic E-state index is 11.9. The number of esters is 1. The second-order valence-corrected chi connectivity index (χ2v) is 5.82. The van der Waals surface area contributed by atoms with Gasteiger partial charge in [-0.25, -0.2) is 0 Å². The lowest BCUT2D eigenvalue weighted by molar-refractivity contribution is -0.149. The highest BCUT2D eigenvalue weighted by Crippen LogP contribution is 2.08. The normalized spacial score (nSPS) is 13.0. The summed E-state index contributed by atoms with van der Waals surface area (Å²) in [5.74, 6) is -0.355. The minimum atomic E-state index is -0.220. The van der Waals surface area contributed by atoms with E-state index in [-0.39, 0.29) is 17.5 Å². The molecule has 0 radical (unpaired) electrons. The van der Waals surface area contributed by atoms with Crippen LogP contribution >= 0.6 is 0 Å². The Bertz CT molecular complexity index is 417. The molecule has 0 amide bonds. The van der Waals surface area contributed by atoms with E-state index in [0.29, 0.717) is 26.3 Å². The Hall–Kier alpha value is -1.39. The van der Waals surface area contributed by atoms with E-state index in [1.165, 1.54) is 0 Å². The molecule has 0 aromatic heterocycles. The highest BCUT2D eigenvalue weighted by atomic mass is 16.5. The monoisotopic (exact) mass is 293 g/mol. The minimum absolute atomic E-state index is 0.175. The van der Waals surface area contributed by atoms with Crippen molar-refractivity contribution in [1.29, 1.82) is 0 Å². The lowest BCUT2D eigenvalue weighted by Crippen LogP contribution is -2.40. The molecule has 1 N–H and O–H groups in total. The predicted octanol–water partition coefficient (Wildman–Crippen LogP) is 2.77. The quantitative estimate of drug-likeness (QED) is 0.711. The molecule has 0 spiro atoms. The number of hydrogen-bond donors (Lipinski definition) is 1. The van der Waals surface area contributed by atoms with Crippen molar-refractivity contribution < 1.29 is 14.3 Å². The van der Waals surface area contributed by atoms with Gasteiger partial charge in [0, 0.05) is 19.7 Å². The van der Waals surface area contributed by atoms with Crippen LogP contribution in [0.4, 0.5) is 0 Å². The lowest BCUT2D eigenvalue weighted by Gasteiger charge is -2.25. The van der Waals surface area contributed by atoms with E-state index < -0.39 is 0 Å². The Morgan fingerprint density at radius 2 is 1.95 bits per heavy atom. The molecule has 0 aliphatic rings. The van der Waals surface area contributed by atoms with Crippen LogP contribution in [0.5, 0.6) is 0 Å². The molecule has 1 aromatic carbocycles. The average molecular weight is 293 g/mol. The average Bonchev–Trinajstić information content (AvgIpc) is 2.45. The third kappa shape index (κ3) is 7.25. The molecule has 0 aliphatic carbocycles. The lowest BCUT2D eigenvalue weighted by atomic mass is 10.1. The summed E-state index contributed by atoms with van der Waals surface area (Å²) in [5, 5.41) is 3.26. The Kier molecular flexibility index (Phi) is 7.40. The van der Waals surface area contributed by atoms with Gasteiger partial charge >= 0.3 is 5.97 Å². The van der Waals surface area contributed by atoms with Crippen LogP contribution < -0.4 is 5.32 Å². The second kappa shape index (κ2) is 8.80. The molecule has 0 heterocycles. The molecule has 1 atom stereocenters. The first-order valence-electron chi connectivity index (χ1n) is 7.50. The third-order valence-corrected chi connectivity index (χ3v) is 3.16. The molecule has 1 unspecified atom stereocenters. The standard InChI is InChI=1S/C17H27NO3/c1-5-21-17(3,4)13-18-11-14(2)16(19)20-12-15-9-7-6-8-10-15/h6-10,14,18H,5,11-13H2,1-4H3. The SMILES string of the molecule is CCOC(C)(C)CNCC(C)C(=O)OCc1ccccc1. The zero-order valence-corrected chi connectivity index (χ0v) is 13.5. The van der Waals surface area contributed by atoms with Gasteiger partial charge in [0.15, 0.2) is 0 Å². The van der Waals surface area contributed by atoms with Crippen molar-refractivity contribution in [1.82, 2.24) is 5.32 Å². The highest BCUT2D eigenvalue weighted by molar-refractivity contribution is 5.72. The molecule has 0 saturated carbocycles. The van der Waals surface area contributed by atoms with Gasteiger partial charge in [0.2, 0.25) is 0 Å². The molecule has 0 aliphatic heterocycles. The first-order valence-corrected chi connectivity index (χ1v) is 7.50. The van der Waals surface area contributed by atoms with Crippen molar-refractivity contribution in [3.05, 3.63) is 35.9 Å². The summed E-state index contributed by atoms with van der Waals surface area (Å²) in [6.07, 6.45) is 0. The molecule has 0 fully saturated rings. The second-order valence-electron chi connectivity index (χ2n) is 5.82. The van der Waals surface area contributed by atoms with Gasteiger partial charge in [-0.05, 0) is 26.3 Å². The van der Waals surface area contributed by atoms with Gasteiger partial charge < -0.3 is 14.8 Å². The fourth-order valence-corrected chi connectivity index (χ4v) is 1.99. The Balaban J connectivity index is 2.25. The van der Waals surface area contributed by atoms with Crippen LogP contribution in [0.2, 0.25) is 0 Å². The number of ether oxygens (including phenoxy) is 2. The van der Waals surface area contributed by atoms with Crippen molar-refractivity contribution in [2.45, 2.75) is 39.9 Å². The topological polar surface area (TPSA) is 47.6 Å². The van der Waals surface area contributed by atoms with E-state index in [1.54, 1.807) is 0 Å². The van der Waals surface area contributed by atoms with Gasteiger partial charge in [-0.15, -0.1) is 0 Å². The molecule has 4 heteroatoms. The van der Waals surface area contributed by atoms with E-state index in [2.05, 4.69) is 5.32 Å². The highest BCUT2D eigenvalue weighted by Gasteiger charge is 2.19. The molecule has 0 bridgehead atoms. The van der Waals surface area contributed by atoms with Crippen LogP contribution in [-0.4, -0.2) is 31.3 Å². The predicted molar refractivity (Wildman–Crippen MR) is 84.0 cm³/mol. The minimum Gasteiger partial charge on any atom is -0.461 e. The summed E-state index contributed by atoms with van der Waals surface area (Å²) in [6.45, 7) is 10.2. The zero-order chi connectivity index (χ0) is 15.7. The van der Waals surface area contributed by atoms with E-state index >= 15 is 0 Å². The number of hydrogen-bond acceptors (Lipinski definition) is 4. The molecular weight excluding hydrogens is 266 g/mol. The largest absolute Gasteiger partial charge is 0.461 e. The van der Waals surface area contributed by atoms with Gasteiger partial charge in [0.25, 0.3) is 0 Å². The molecule has 0 saturated heterocycles. The summed E-state index contributed by atoms with van der Waals surface area (Å²) < 4.78 is 10.9. The zero-order valence-electron chi connectivity index (χ0n) is 13.5. The van der Waals surface area contributed by atoms with Crippen molar-refractivity contribution in [2.75, 3.05) is 19.7 Å². The Labute approximate surface area is 127 Å². The fourth-order valence-electron chi connectivity index (χ4n) is 1.99. The molecule has 4 nitrogen and oxygen atoms in total. The van der Waals surface area contributed by atoms with Crippen molar-refractivity contribution in [3.63, 3.8) is 0 Å². The van der Waals surface area contributed by atoms with Crippen LogP contribution in [0.15, 0.2) is 30.3 Å². The van der Waals surface area contributed by atoms with Crippen LogP contribution in [-0.2, 0) is 20.9 Å². The molecule has 1 aromatic rings. The van der Waals surface area contributed by atoms with E-state index in [9.17, 15) is 4.79 Å². The summed E-state index contributed by atoms with van der Waals surface area (Å²) in [7, 11) is 0. The fraction of sp³-hybridized carbons (Fsp3) is 0.588. The smallest absolute Gasteiger partial charge is 0.310 e. The number of rotatable bonds is 9. The van der Waals surface area contributed by atoms with Gasteiger partial charge in [0.05, 0.1) is 11.5 Å². The first-order chi connectivity index (χ1) is 9.94. The Morgan fingerprint density at radius 3 is 2.57 bits per heavy atom. The van der Waals surface area contributed by atoms with Gasteiger partial charge in [-0.1, -0.05) is 37.3 Å². The van der Waals surface area contributed by atoms with Gasteiger partial charge in [0.1, 0.15) is 6.61 Å². The van der Waals surface area contributed by atoms with Crippen LogP contribution in [0.1, 0.15) is 33.3 Å². The van der Waals surface area contributed by atoms with E-state index in [0.717, 1.165) is 5.56 Å².